The van der Waals surface area contributed by atoms with E-state index in [9.17, 15) is 9.90 Å². The van der Waals surface area contributed by atoms with Crippen LogP contribution in [0.3, 0.4) is 0 Å². The molecule has 2 N–H and O–H groups in total. The number of amides is 1. The lowest BCUT2D eigenvalue weighted by Crippen LogP contribution is -2.35. The number of benzene rings is 1. The highest BCUT2D eigenvalue weighted by Gasteiger charge is 2.18. The summed E-state index contributed by atoms with van der Waals surface area (Å²) in [6.45, 7) is 8.06. The highest BCUT2D eigenvalue weighted by molar-refractivity contribution is 5.95. The number of hydrogen-bond acceptors (Lipinski definition) is 5. The normalized spacial score (nSPS) is 12.5. The van der Waals surface area contributed by atoms with Crippen LogP contribution in [-0.4, -0.2) is 38.4 Å². The average molecular weight is 409 g/mol. The Morgan fingerprint density at radius 3 is 2.50 bits per heavy atom. The molecule has 0 spiro atoms. The van der Waals surface area contributed by atoms with Gasteiger partial charge in [-0.2, -0.15) is 5.10 Å². The van der Waals surface area contributed by atoms with Crippen LogP contribution in [0.1, 0.15) is 43.6 Å². The van der Waals surface area contributed by atoms with Crippen molar-refractivity contribution in [1.29, 1.82) is 0 Å². The quantitative estimate of drug-likeness (QED) is 0.649. The van der Waals surface area contributed by atoms with E-state index in [-0.39, 0.29) is 24.0 Å². The van der Waals surface area contributed by atoms with Crippen LogP contribution in [0, 0.1) is 0 Å². The highest BCUT2D eigenvalue weighted by atomic mass is 16.5. The van der Waals surface area contributed by atoms with Crippen LogP contribution in [0.25, 0.3) is 11.3 Å². The van der Waals surface area contributed by atoms with Gasteiger partial charge < -0.3 is 15.2 Å². The monoisotopic (exact) mass is 408 g/mol. The number of aromatic nitrogens is 3. The maximum atomic E-state index is 12.5. The van der Waals surface area contributed by atoms with E-state index in [2.05, 4.69) is 36.2 Å². The molecule has 3 aromatic rings. The molecule has 30 heavy (non-hydrogen) atoms. The summed E-state index contributed by atoms with van der Waals surface area (Å²) in [6, 6.07) is 11.1. The fourth-order valence-corrected chi connectivity index (χ4v) is 2.89. The Hall–Kier alpha value is -3.19. The van der Waals surface area contributed by atoms with E-state index < -0.39 is 0 Å². The van der Waals surface area contributed by atoms with Gasteiger partial charge in [-0.3, -0.25) is 9.48 Å². The van der Waals surface area contributed by atoms with Crippen molar-refractivity contribution in [2.75, 3.05) is 6.61 Å². The van der Waals surface area contributed by atoms with Crippen LogP contribution in [-0.2, 0) is 12.5 Å². The summed E-state index contributed by atoms with van der Waals surface area (Å²) in [5.74, 6) is 0.699. The second kappa shape index (κ2) is 8.67. The van der Waals surface area contributed by atoms with E-state index in [1.807, 2.05) is 43.6 Å². The number of aryl methyl sites for hydroxylation is 1. The number of ether oxygens (including phenoxy) is 1. The lowest BCUT2D eigenvalue weighted by atomic mass is 9.87. The largest absolute Gasteiger partial charge is 0.438 e. The Bertz CT molecular complexity index is 1020. The first-order valence-corrected chi connectivity index (χ1v) is 9.87. The molecule has 0 fully saturated rings. The SMILES string of the molecule is C[C@H](CO)NC(=O)c1cnc(Oc2ccc(C(C)(C)C)cc2)c(-c2ccn(C)n2)c1. The van der Waals surface area contributed by atoms with E-state index in [0.29, 0.717) is 28.5 Å². The van der Waals surface area contributed by atoms with Gasteiger partial charge in [0.1, 0.15) is 5.75 Å². The smallest absolute Gasteiger partial charge is 0.253 e. The minimum atomic E-state index is -0.354. The minimum absolute atomic E-state index is 0.0522. The molecule has 0 aliphatic carbocycles. The molecule has 0 saturated heterocycles. The Labute approximate surface area is 176 Å². The number of hydrogen-bond donors (Lipinski definition) is 2. The van der Waals surface area contributed by atoms with Crippen LogP contribution < -0.4 is 10.1 Å². The van der Waals surface area contributed by atoms with Crippen molar-refractivity contribution in [2.24, 2.45) is 7.05 Å². The molecule has 7 heteroatoms. The van der Waals surface area contributed by atoms with Gasteiger partial charge in [-0.15, -0.1) is 0 Å². The maximum absolute atomic E-state index is 12.5. The van der Waals surface area contributed by atoms with Crippen LogP contribution in [0.5, 0.6) is 11.6 Å². The second-order valence-corrected chi connectivity index (χ2v) is 8.38. The van der Waals surface area contributed by atoms with E-state index in [1.165, 1.54) is 11.8 Å². The summed E-state index contributed by atoms with van der Waals surface area (Å²) in [5, 5.41) is 16.3. The summed E-state index contributed by atoms with van der Waals surface area (Å²) in [7, 11) is 1.82. The second-order valence-electron chi connectivity index (χ2n) is 8.38. The molecule has 1 amide bonds. The Morgan fingerprint density at radius 2 is 1.93 bits per heavy atom. The molecular weight excluding hydrogens is 380 g/mol. The molecule has 0 bridgehead atoms. The number of nitrogens with zero attached hydrogens (tertiary/aromatic N) is 3. The number of aliphatic hydroxyl groups excluding tert-OH is 1. The molecule has 0 unspecified atom stereocenters. The number of carbonyl (C=O) groups excluding carboxylic acids is 1. The zero-order chi connectivity index (χ0) is 21.9. The van der Waals surface area contributed by atoms with Gasteiger partial charge in [0.05, 0.1) is 23.4 Å². The van der Waals surface area contributed by atoms with Crippen LogP contribution in [0.2, 0.25) is 0 Å². The van der Waals surface area contributed by atoms with Crippen molar-refractivity contribution >= 4 is 5.91 Å². The number of nitrogens with one attached hydrogen (secondary N) is 1. The molecule has 7 nitrogen and oxygen atoms in total. The first-order chi connectivity index (χ1) is 14.2. The van der Waals surface area contributed by atoms with Gasteiger partial charge in [0.2, 0.25) is 5.88 Å². The van der Waals surface area contributed by atoms with Crippen molar-refractivity contribution < 1.29 is 14.6 Å². The Balaban J connectivity index is 1.94. The van der Waals surface area contributed by atoms with Gasteiger partial charge in [0, 0.05) is 25.5 Å². The Kier molecular flexibility index (Phi) is 6.22. The first kappa shape index (κ1) is 21.5. The topological polar surface area (TPSA) is 89.3 Å². The lowest BCUT2D eigenvalue weighted by Gasteiger charge is -2.19. The molecule has 158 valence electrons. The molecule has 1 atom stereocenters. The third kappa shape index (κ3) is 5.04. The lowest BCUT2D eigenvalue weighted by molar-refractivity contribution is 0.0922. The molecule has 0 aliphatic heterocycles. The first-order valence-electron chi connectivity index (χ1n) is 9.87. The maximum Gasteiger partial charge on any atom is 0.253 e. The zero-order valence-electron chi connectivity index (χ0n) is 18.0. The number of aliphatic hydroxyl groups is 1. The predicted molar refractivity (Wildman–Crippen MR) is 116 cm³/mol. The average Bonchev–Trinajstić information content (AvgIpc) is 3.14. The van der Waals surface area contributed by atoms with Gasteiger partial charge in [0.15, 0.2) is 0 Å². The zero-order valence-corrected chi connectivity index (χ0v) is 18.0. The van der Waals surface area contributed by atoms with E-state index in [1.54, 1.807) is 17.7 Å². The minimum Gasteiger partial charge on any atom is -0.438 e. The van der Waals surface area contributed by atoms with Crippen molar-refractivity contribution in [1.82, 2.24) is 20.1 Å². The summed E-state index contributed by atoms with van der Waals surface area (Å²) < 4.78 is 7.72. The number of pyridine rings is 1. The number of rotatable bonds is 6. The molecule has 2 heterocycles. The van der Waals surface area contributed by atoms with E-state index in [0.717, 1.165) is 0 Å². The summed E-state index contributed by atoms with van der Waals surface area (Å²) in [5.41, 5.74) is 2.89. The van der Waals surface area contributed by atoms with Gasteiger partial charge in [-0.05, 0) is 42.2 Å². The van der Waals surface area contributed by atoms with Crippen molar-refractivity contribution in [3.63, 3.8) is 0 Å². The Morgan fingerprint density at radius 1 is 1.23 bits per heavy atom. The molecule has 2 aromatic heterocycles. The van der Waals surface area contributed by atoms with Gasteiger partial charge >= 0.3 is 0 Å². The van der Waals surface area contributed by atoms with Crippen LogP contribution in [0.4, 0.5) is 0 Å². The molecule has 0 aliphatic rings. The summed E-state index contributed by atoms with van der Waals surface area (Å²) in [6.07, 6.45) is 3.28. The fraction of sp³-hybridized carbons (Fsp3) is 0.348. The highest BCUT2D eigenvalue weighted by Crippen LogP contribution is 2.32. The standard InChI is InChI=1S/C23H28N4O3/c1-15(14-28)25-21(29)16-12-19(20-10-11-27(5)26-20)22(24-13-16)30-18-8-6-17(7-9-18)23(2,3)4/h6-13,15,28H,14H2,1-5H3,(H,25,29)/t15-/m1/s1. The summed E-state index contributed by atoms with van der Waals surface area (Å²) in [4.78, 5) is 16.9. The van der Waals surface area contributed by atoms with Gasteiger partial charge in [-0.1, -0.05) is 32.9 Å². The fourth-order valence-electron chi connectivity index (χ4n) is 2.89. The van der Waals surface area contributed by atoms with Crippen molar-refractivity contribution in [3.05, 3.63) is 59.9 Å². The molecule has 3 rings (SSSR count). The third-order valence-electron chi connectivity index (χ3n) is 4.69. The van der Waals surface area contributed by atoms with E-state index in [4.69, 9.17) is 4.74 Å². The molecular formula is C23H28N4O3. The van der Waals surface area contributed by atoms with Crippen molar-refractivity contribution in [2.45, 2.75) is 39.2 Å². The number of carbonyl (C=O) groups is 1. The van der Waals surface area contributed by atoms with Crippen LogP contribution in [0.15, 0.2) is 48.8 Å². The van der Waals surface area contributed by atoms with Crippen molar-refractivity contribution in [3.8, 4) is 22.9 Å². The summed E-state index contributed by atoms with van der Waals surface area (Å²) >= 11 is 0. The van der Waals surface area contributed by atoms with Crippen LogP contribution >= 0.6 is 0 Å². The van der Waals surface area contributed by atoms with Gasteiger partial charge in [-0.25, -0.2) is 4.98 Å². The van der Waals surface area contributed by atoms with Gasteiger partial charge in [0.25, 0.3) is 5.91 Å². The third-order valence-corrected chi connectivity index (χ3v) is 4.69. The molecule has 0 radical (unpaired) electrons. The predicted octanol–water partition coefficient (Wildman–Crippen LogP) is 3.68. The molecule has 1 aromatic carbocycles. The van der Waals surface area contributed by atoms with E-state index >= 15 is 0 Å². The molecule has 0 saturated carbocycles.